The molecule has 0 amide bonds. The first-order valence-corrected chi connectivity index (χ1v) is 5.84. The summed E-state index contributed by atoms with van der Waals surface area (Å²) in [5.41, 5.74) is 0.757. The first-order chi connectivity index (χ1) is 8.20. The molecule has 17 heavy (non-hydrogen) atoms. The Morgan fingerprint density at radius 3 is 2.53 bits per heavy atom. The Morgan fingerprint density at radius 1 is 1.18 bits per heavy atom. The highest BCUT2D eigenvalue weighted by atomic mass is 35.5. The summed E-state index contributed by atoms with van der Waals surface area (Å²) in [6.07, 6.45) is 0.727. The van der Waals surface area contributed by atoms with Gasteiger partial charge in [0, 0.05) is 12.0 Å². The van der Waals surface area contributed by atoms with Gasteiger partial charge in [0.15, 0.2) is 0 Å². The Hall–Kier alpha value is -1.61. The van der Waals surface area contributed by atoms with Gasteiger partial charge in [-0.25, -0.2) is 4.98 Å². The molecule has 4 heteroatoms. The molecule has 0 aliphatic heterocycles. The first kappa shape index (κ1) is 11.9. The van der Waals surface area contributed by atoms with E-state index in [1.807, 2.05) is 44.2 Å². The molecule has 0 radical (unpaired) electrons. The molecule has 0 unspecified atom stereocenters. The summed E-state index contributed by atoms with van der Waals surface area (Å²) in [6.45, 7) is 3.83. The van der Waals surface area contributed by atoms with Crippen LogP contribution in [-0.2, 0) is 6.42 Å². The van der Waals surface area contributed by atoms with E-state index in [-0.39, 0.29) is 0 Å². The maximum Gasteiger partial charge on any atom is 0.226 e. The molecule has 0 saturated carbocycles. The number of aryl methyl sites for hydroxylation is 1. The van der Waals surface area contributed by atoms with Gasteiger partial charge in [-0.2, -0.15) is 4.98 Å². The standard InChI is InChI=1S/C13H13ClN2O/c1-3-11-15-12(14)9(2)13(16-11)17-10-7-5-4-6-8-10/h4-8H,3H2,1-2H3. The molecule has 3 nitrogen and oxygen atoms in total. The number of hydrogen-bond donors (Lipinski definition) is 0. The molecular formula is C13H13ClN2O. The minimum absolute atomic E-state index is 0.447. The lowest BCUT2D eigenvalue weighted by Gasteiger charge is -2.09. The topological polar surface area (TPSA) is 35.0 Å². The number of ether oxygens (including phenoxy) is 1. The third-order valence-corrected chi connectivity index (χ3v) is 2.73. The average molecular weight is 249 g/mol. The quantitative estimate of drug-likeness (QED) is 0.775. The minimum atomic E-state index is 0.447. The molecule has 0 aliphatic rings. The number of hydrogen-bond acceptors (Lipinski definition) is 3. The number of halogens is 1. The normalized spacial score (nSPS) is 10.3. The van der Waals surface area contributed by atoms with Crippen LogP contribution >= 0.6 is 11.6 Å². The number of benzene rings is 1. The molecule has 0 bridgehead atoms. The average Bonchev–Trinajstić information content (AvgIpc) is 2.36. The Kier molecular flexibility index (Phi) is 3.59. The third kappa shape index (κ3) is 2.74. The summed E-state index contributed by atoms with van der Waals surface area (Å²) < 4.78 is 5.70. The van der Waals surface area contributed by atoms with Gasteiger partial charge >= 0.3 is 0 Å². The van der Waals surface area contributed by atoms with E-state index in [4.69, 9.17) is 16.3 Å². The largest absolute Gasteiger partial charge is 0.439 e. The van der Waals surface area contributed by atoms with E-state index in [9.17, 15) is 0 Å². The van der Waals surface area contributed by atoms with Crippen LogP contribution in [0.2, 0.25) is 5.15 Å². The van der Waals surface area contributed by atoms with Crippen molar-refractivity contribution in [2.75, 3.05) is 0 Å². The molecule has 1 heterocycles. The zero-order valence-electron chi connectivity index (χ0n) is 9.77. The monoisotopic (exact) mass is 248 g/mol. The Labute approximate surface area is 105 Å². The molecule has 2 aromatic rings. The number of para-hydroxylation sites is 1. The van der Waals surface area contributed by atoms with Crippen molar-refractivity contribution in [1.82, 2.24) is 9.97 Å². The highest BCUT2D eigenvalue weighted by Gasteiger charge is 2.10. The molecular weight excluding hydrogens is 236 g/mol. The van der Waals surface area contributed by atoms with Crippen molar-refractivity contribution < 1.29 is 4.74 Å². The van der Waals surface area contributed by atoms with Crippen LogP contribution in [0, 0.1) is 6.92 Å². The smallest absolute Gasteiger partial charge is 0.226 e. The van der Waals surface area contributed by atoms with E-state index in [1.54, 1.807) is 0 Å². The van der Waals surface area contributed by atoms with Crippen molar-refractivity contribution in [3.63, 3.8) is 0 Å². The number of aromatic nitrogens is 2. The fourth-order valence-corrected chi connectivity index (χ4v) is 1.55. The van der Waals surface area contributed by atoms with E-state index in [0.29, 0.717) is 16.9 Å². The molecule has 0 aliphatic carbocycles. The molecule has 2 rings (SSSR count). The molecule has 0 fully saturated rings. The van der Waals surface area contributed by atoms with Crippen LogP contribution in [0.4, 0.5) is 0 Å². The highest BCUT2D eigenvalue weighted by molar-refractivity contribution is 6.30. The summed E-state index contributed by atoms with van der Waals surface area (Å²) in [4.78, 5) is 8.50. The second-order valence-corrected chi connectivity index (χ2v) is 3.99. The van der Waals surface area contributed by atoms with Crippen molar-refractivity contribution in [3.8, 4) is 11.6 Å². The second-order valence-electron chi connectivity index (χ2n) is 3.63. The fraction of sp³-hybridized carbons (Fsp3) is 0.231. The van der Waals surface area contributed by atoms with Gasteiger partial charge in [0.25, 0.3) is 0 Å². The zero-order chi connectivity index (χ0) is 12.3. The summed E-state index contributed by atoms with van der Waals surface area (Å²) in [5.74, 6) is 1.95. The van der Waals surface area contributed by atoms with E-state index in [0.717, 1.165) is 17.7 Å². The Morgan fingerprint density at radius 2 is 1.88 bits per heavy atom. The zero-order valence-corrected chi connectivity index (χ0v) is 10.5. The molecule has 0 saturated heterocycles. The van der Waals surface area contributed by atoms with Gasteiger partial charge in [-0.15, -0.1) is 0 Å². The number of rotatable bonds is 3. The Bertz CT molecular complexity index is 514. The maximum absolute atomic E-state index is 6.03. The van der Waals surface area contributed by atoms with Crippen LogP contribution in [0.15, 0.2) is 30.3 Å². The minimum Gasteiger partial charge on any atom is -0.439 e. The first-order valence-electron chi connectivity index (χ1n) is 5.46. The van der Waals surface area contributed by atoms with E-state index in [1.165, 1.54) is 0 Å². The SMILES string of the molecule is CCc1nc(Cl)c(C)c(Oc2ccccc2)n1. The molecule has 1 aromatic heterocycles. The summed E-state index contributed by atoms with van der Waals surface area (Å²) in [5, 5.41) is 0.447. The molecule has 88 valence electrons. The third-order valence-electron chi connectivity index (χ3n) is 2.36. The predicted octanol–water partition coefficient (Wildman–Crippen LogP) is 3.79. The summed E-state index contributed by atoms with van der Waals surface area (Å²) >= 11 is 6.03. The van der Waals surface area contributed by atoms with Crippen LogP contribution in [0.3, 0.4) is 0 Å². The predicted molar refractivity (Wildman–Crippen MR) is 67.7 cm³/mol. The van der Waals surface area contributed by atoms with Crippen molar-refractivity contribution >= 4 is 11.6 Å². The summed E-state index contributed by atoms with van der Waals surface area (Å²) in [7, 11) is 0. The molecule has 0 N–H and O–H groups in total. The second kappa shape index (κ2) is 5.15. The van der Waals surface area contributed by atoms with Gasteiger partial charge in [0.2, 0.25) is 5.88 Å². The fourth-order valence-electron chi connectivity index (χ4n) is 1.37. The molecule has 0 spiro atoms. The van der Waals surface area contributed by atoms with Gasteiger partial charge in [-0.1, -0.05) is 36.7 Å². The van der Waals surface area contributed by atoms with Gasteiger partial charge < -0.3 is 4.74 Å². The van der Waals surface area contributed by atoms with Crippen molar-refractivity contribution in [1.29, 1.82) is 0 Å². The lowest BCUT2D eigenvalue weighted by Crippen LogP contribution is -1.99. The number of nitrogens with zero attached hydrogens (tertiary/aromatic N) is 2. The van der Waals surface area contributed by atoms with Crippen LogP contribution in [0.5, 0.6) is 11.6 Å². The van der Waals surface area contributed by atoms with Gasteiger partial charge in [-0.05, 0) is 19.1 Å². The van der Waals surface area contributed by atoms with Crippen molar-refractivity contribution in [3.05, 3.63) is 46.9 Å². The van der Waals surface area contributed by atoms with Crippen molar-refractivity contribution in [2.24, 2.45) is 0 Å². The van der Waals surface area contributed by atoms with E-state index >= 15 is 0 Å². The van der Waals surface area contributed by atoms with Gasteiger partial charge in [0.1, 0.15) is 16.7 Å². The van der Waals surface area contributed by atoms with Gasteiger partial charge in [0.05, 0.1) is 0 Å². The lowest BCUT2D eigenvalue weighted by atomic mass is 10.3. The highest BCUT2D eigenvalue weighted by Crippen LogP contribution is 2.26. The maximum atomic E-state index is 6.03. The summed E-state index contributed by atoms with van der Waals surface area (Å²) in [6, 6.07) is 9.51. The van der Waals surface area contributed by atoms with Crippen LogP contribution in [0.25, 0.3) is 0 Å². The molecule has 0 atom stereocenters. The van der Waals surface area contributed by atoms with Crippen LogP contribution in [-0.4, -0.2) is 9.97 Å². The Balaban J connectivity index is 2.35. The van der Waals surface area contributed by atoms with Gasteiger partial charge in [-0.3, -0.25) is 0 Å². The molecule has 1 aromatic carbocycles. The lowest BCUT2D eigenvalue weighted by molar-refractivity contribution is 0.454. The van der Waals surface area contributed by atoms with Crippen LogP contribution < -0.4 is 4.74 Å². The van der Waals surface area contributed by atoms with E-state index in [2.05, 4.69) is 9.97 Å². The van der Waals surface area contributed by atoms with E-state index < -0.39 is 0 Å². The van der Waals surface area contributed by atoms with Crippen LogP contribution in [0.1, 0.15) is 18.3 Å². The van der Waals surface area contributed by atoms with Crippen molar-refractivity contribution in [2.45, 2.75) is 20.3 Å².